The van der Waals surface area contributed by atoms with Crippen LogP contribution < -0.4 is 0 Å². The molecule has 1 aromatic heterocycles. The third-order valence-corrected chi connectivity index (χ3v) is 1.33. The van der Waals surface area contributed by atoms with Gasteiger partial charge in [0.15, 0.2) is 0 Å². The van der Waals surface area contributed by atoms with Gasteiger partial charge in [-0.2, -0.15) is 0 Å². The zero-order chi connectivity index (χ0) is 8.43. The van der Waals surface area contributed by atoms with E-state index >= 15 is 0 Å². The van der Waals surface area contributed by atoms with Crippen LogP contribution in [0.1, 0.15) is 17.7 Å². The maximum atomic E-state index is 11.9. The van der Waals surface area contributed by atoms with Crippen LogP contribution in [0.5, 0.6) is 5.75 Å². The van der Waals surface area contributed by atoms with Crippen LogP contribution >= 0.6 is 0 Å². The van der Waals surface area contributed by atoms with E-state index in [2.05, 4.69) is 4.98 Å². The van der Waals surface area contributed by atoms with Gasteiger partial charge in [0.25, 0.3) is 6.43 Å². The Morgan fingerprint density at radius 1 is 1.55 bits per heavy atom. The molecular formula is C7H7F2NO. The number of aromatic hydroxyl groups is 1. The Balaban J connectivity index is 3.05. The van der Waals surface area contributed by atoms with Crippen LogP contribution in [0, 0.1) is 6.92 Å². The van der Waals surface area contributed by atoms with Gasteiger partial charge in [-0.05, 0) is 13.0 Å². The summed E-state index contributed by atoms with van der Waals surface area (Å²) in [7, 11) is 0. The van der Waals surface area contributed by atoms with E-state index in [1.165, 1.54) is 0 Å². The summed E-state index contributed by atoms with van der Waals surface area (Å²) >= 11 is 0. The van der Waals surface area contributed by atoms with Crippen molar-refractivity contribution < 1.29 is 13.9 Å². The first-order valence-electron chi connectivity index (χ1n) is 3.05. The van der Waals surface area contributed by atoms with Crippen LogP contribution in [-0.2, 0) is 0 Å². The number of aromatic nitrogens is 1. The Morgan fingerprint density at radius 3 is 2.64 bits per heavy atom. The van der Waals surface area contributed by atoms with Gasteiger partial charge in [-0.3, -0.25) is 4.98 Å². The number of alkyl halides is 2. The Kier molecular flexibility index (Phi) is 2.03. The van der Waals surface area contributed by atoms with E-state index in [9.17, 15) is 8.78 Å². The lowest BCUT2D eigenvalue weighted by atomic mass is 10.2. The Labute approximate surface area is 62.5 Å². The van der Waals surface area contributed by atoms with E-state index in [-0.39, 0.29) is 11.3 Å². The van der Waals surface area contributed by atoms with Crippen LogP contribution in [0.3, 0.4) is 0 Å². The second-order valence-electron chi connectivity index (χ2n) is 2.17. The molecule has 0 aliphatic heterocycles. The molecule has 1 aromatic rings. The normalized spacial score (nSPS) is 10.5. The summed E-state index contributed by atoms with van der Waals surface area (Å²) in [6.07, 6.45) is -1.52. The zero-order valence-corrected chi connectivity index (χ0v) is 5.88. The maximum Gasteiger partial charge on any atom is 0.265 e. The summed E-state index contributed by atoms with van der Waals surface area (Å²) in [5.74, 6) is -0.192. The molecule has 0 aliphatic rings. The van der Waals surface area contributed by atoms with Crippen LogP contribution in [0.25, 0.3) is 0 Å². The molecule has 0 spiro atoms. The number of hydrogen-bond donors (Lipinski definition) is 1. The lowest BCUT2D eigenvalue weighted by molar-refractivity contribution is 0.150. The molecule has 1 N–H and O–H groups in total. The van der Waals surface area contributed by atoms with Crippen LogP contribution in [0.4, 0.5) is 8.78 Å². The minimum Gasteiger partial charge on any atom is -0.506 e. The third-order valence-electron chi connectivity index (χ3n) is 1.33. The van der Waals surface area contributed by atoms with E-state index in [1.54, 1.807) is 6.92 Å². The van der Waals surface area contributed by atoms with Gasteiger partial charge in [-0.25, -0.2) is 8.78 Å². The highest BCUT2D eigenvalue weighted by Crippen LogP contribution is 2.22. The number of hydrogen-bond acceptors (Lipinski definition) is 2. The van der Waals surface area contributed by atoms with E-state index in [0.29, 0.717) is 5.69 Å². The average molecular weight is 159 g/mol. The quantitative estimate of drug-likeness (QED) is 0.680. The molecule has 0 fully saturated rings. The molecule has 0 amide bonds. The number of aryl methyl sites for hydroxylation is 1. The molecular weight excluding hydrogens is 152 g/mol. The van der Waals surface area contributed by atoms with Crippen molar-refractivity contribution in [3.05, 3.63) is 23.5 Å². The van der Waals surface area contributed by atoms with Crippen molar-refractivity contribution in [1.82, 2.24) is 4.98 Å². The Bertz CT molecular complexity index is 263. The summed E-state index contributed by atoms with van der Waals surface area (Å²) < 4.78 is 23.9. The molecule has 0 radical (unpaired) electrons. The van der Waals surface area contributed by atoms with Crippen molar-refractivity contribution in [3.63, 3.8) is 0 Å². The van der Waals surface area contributed by atoms with Gasteiger partial charge in [0.1, 0.15) is 5.75 Å². The highest BCUT2D eigenvalue weighted by molar-refractivity contribution is 5.29. The smallest absolute Gasteiger partial charge is 0.265 e. The summed E-state index contributed by atoms with van der Waals surface area (Å²) in [6, 6.07) is 1.02. The first-order chi connectivity index (χ1) is 5.11. The molecule has 0 aliphatic carbocycles. The van der Waals surface area contributed by atoms with E-state index in [1.807, 2.05) is 0 Å². The minimum atomic E-state index is -2.58. The van der Waals surface area contributed by atoms with E-state index < -0.39 is 6.43 Å². The Hall–Kier alpha value is -1.19. The molecule has 0 saturated carbocycles. The van der Waals surface area contributed by atoms with Crippen molar-refractivity contribution in [2.24, 2.45) is 0 Å². The summed E-state index contributed by atoms with van der Waals surface area (Å²) in [6.45, 7) is 1.55. The fourth-order valence-corrected chi connectivity index (χ4v) is 0.656. The van der Waals surface area contributed by atoms with Crippen LogP contribution in [0.2, 0.25) is 0 Å². The minimum absolute atomic E-state index is 0.192. The van der Waals surface area contributed by atoms with Crippen molar-refractivity contribution in [2.75, 3.05) is 0 Å². The predicted molar refractivity (Wildman–Crippen MR) is 35.6 cm³/mol. The van der Waals surface area contributed by atoms with Gasteiger partial charge in [-0.15, -0.1) is 0 Å². The molecule has 0 unspecified atom stereocenters. The molecule has 11 heavy (non-hydrogen) atoms. The van der Waals surface area contributed by atoms with Gasteiger partial charge in [0.2, 0.25) is 0 Å². The number of rotatable bonds is 1. The van der Waals surface area contributed by atoms with E-state index in [4.69, 9.17) is 5.11 Å². The fraction of sp³-hybridized carbons (Fsp3) is 0.286. The zero-order valence-electron chi connectivity index (χ0n) is 5.88. The van der Waals surface area contributed by atoms with Crippen molar-refractivity contribution >= 4 is 0 Å². The highest BCUT2D eigenvalue weighted by Gasteiger charge is 2.08. The van der Waals surface area contributed by atoms with Crippen LogP contribution in [0.15, 0.2) is 12.3 Å². The molecule has 0 aromatic carbocycles. The van der Waals surface area contributed by atoms with Gasteiger partial charge >= 0.3 is 0 Å². The number of nitrogens with zero attached hydrogens (tertiary/aromatic N) is 1. The third kappa shape index (κ3) is 1.63. The second-order valence-corrected chi connectivity index (χ2v) is 2.17. The van der Waals surface area contributed by atoms with Gasteiger partial charge in [0, 0.05) is 11.8 Å². The molecule has 1 heterocycles. The second kappa shape index (κ2) is 2.82. The summed E-state index contributed by atoms with van der Waals surface area (Å²) in [5.41, 5.74) is 0.0995. The van der Waals surface area contributed by atoms with Crippen LogP contribution in [-0.4, -0.2) is 10.1 Å². The van der Waals surface area contributed by atoms with Crippen molar-refractivity contribution in [1.29, 1.82) is 0 Å². The molecule has 0 bridgehead atoms. The van der Waals surface area contributed by atoms with Gasteiger partial charge in [0.05, 0.1) is 5.69 Å². The summed E-state index contributed by atoms with van der Waals surface area (Å²) in [4.78, 5) is 3.57. The Morgan fingerprint density at radius 2 is 2.18 bits per heavy atom. The van der Waals surface area contributed by atoms with Crippen molar-refractivity contribution in [3.8, 4) is 5.75 Å². The fourth-order valence-electron chi connectivity index (χ4n) is 0.656. The maximum absolute atomic E-state index is 11.9. The molecule has 60 valence electrons. The number of halogens is 2. The van der Waals surface area contributed by atoms with Crippen molar-refractivity contribution in [2.45, 2.75) is 13.3 Å². The molecule has 0 saturated heterocycles. The lowest BCUT2D eigenvalue weighted by Crippen LogP contribution is -1.88. The SMILES string of the molecule is Cc1ncc(C(F)F)cc1O. The number of pyridine rings is 1. The molecule has 1 rings (SSSR count). The van der Waals surface area contributed by atoms with E-state index in [0.717, 1.165) is 12.3 Å². The predicted octanol–water partition coefficient (Wildman–Crippen LogP) is 2.03. The lowest BCUT2D eigenvalue weighted by Gasteiger charge is -2.00. The molecule has 4 heteroatoms. The monoisotopic (exact) mass is 159 g/mol. The summed E-state index contributed by atoms with van der Waals surface area (Å²) in [5, 5.41) is 8.95. The first kappa shape index (κ1) is 7.91. The molecule has 2 nitrogen and oxygen atoms in total. The van der Waals surface area contributed by atoms with Gasteiger partial charge < -0.3 is 5.11 Å². The topological polar surface area (TPSA) is 33.1 Å². The standard InChI is InChI=1S/C7H7F2NO/c1-4-6(11)2-5(3-10-4)7(8)9/h2-3,7,11H,1H3. The highest BCUT2D eigenvalue weighted by atomic mass is 19.3. The molecule has 0 atom stereocenters. The van der Waals surface area contributed by atoms with Gasteiger partial charge in [-0.1, -0.05) is 0 Å². The first-order valence-corrected chi connectivity index (χ1v) is 3.05. The largest absolute Gasteiger partial charge is 0.506 e. The average Bonchev–Trinajstić information content (AvgIpc) is 1.94.